The Morgan fingerprint density at radius 2 is 2.33 bits per heavy atom. The molecule has 1 aliphatic heterocycles. The molecule has 18 heavy (non-hydrogen) atoms. The van der Waals surface area contributed by atoms with Gasteiger partial charge in [0, 0.05) is 30.7 Å². The summed E-state index contributed by atoms with van der Waals surface area (Å²) in [5.41, 5.74) is 8.45. The van der Waals surface area contributed by atoms with E-state index in [1.54, 1.807) is 0 Å². The molecule has 1 aromatic rings. The number of ether oxygens (including phenoxy) is 1. The number of benzene rings is 1. The van der Waals surface area contributed by atoms with Gasteiger partial charge in [0.2, 0.25) is 0 Å². The van der Waals surface area contributed by atoms with E-state index in [-0.39, 0.29) is 12.1 Å². The lowest BCUT2D eigenvalue weighted by molar-refractivity contribution is -0.0333. The van der Waals surface area contributed by atoms with Gasteiger partial charge in [0.15, 0.2) is 0 Å². The molecule has 0 aromatic heterocycles. The smallest absolute Gasteiger partial charge is 0.0674 e. The molecule has 0 bridgehead atoms. The summed E-state index contributed by atoms with van der Waals surface area (Å²) in [6.45, 7) is 7.47. The normalized spacial score (nSPS) is 23.0. The van der Waals surface area contributed by atoms with Crippen molar-refractivity contribution in [2.24, 2.45) is 5.73 Å². The van der Waals surface area contributed by atoms with Crippen molar-refractivity contribution in [2.75, 3.05) is 26.2 Å². The predicted octanol–water partition coefficient (Wildman–Crippen LogP) is 2.37. The van der Waals surface area contributed by atoms with Crippen molar-refractivity contribution in [1.29, 1.82) is 0 Å². The van der Waals surface area contributed by atoms with E-state index in [0.717, 1.165) is 24.7 Å². The molecule has 1 saturated heterocycles. The zero-order valence-electron chi connectivity index (χ0n) is 11.0. The Hall–Kier alpha value is -0.610. The van der Waals surface area contributed by atoms with E-state index in [4.69, 9.17) is 22.1 Å². The lowest BCUT2D eigenvalue weighted by Crippen LogP contribution is -2.45. The lowest BCUT2D eigenvalue weighted by Gasteiger charge is -2.37. The van der Waals surface area contributed by atoms with Crippen LogP contribution in [0.1, 0.15) is 24.1 Å². The van der Waals surface area contributed by atoms with E-state index in [9.17, 15) is 0 Å². The predicted molar refractivity (Wildman–Crippen MR) is 75.0 cm³/mol. The van der Waals surface area contributed by atoms with Crippen molar-refractivity contribution in [3.8, 4) is 0 Å². The Balaban J connectivity index is 2.21. The maximum Gasteiger partial charge on any atom is 0.0674 e. The zero-order valence-corrected chi connectivity index (χ0v) is 11.8. The highest BCUT2D eigenvalue weighted by Gasteiger charge is 2.25. The summed E-state index contributed by atoms with van der Waals surface area (Å²) in [5.74, 6) is 0. The average Bonchev–Trinajstić information content (AvgIpc) is 2.33. The number of morpholine rings is 1. The molecule has 0 saturated carbocycles. The van der Waals surface area contributed by atoms with Gasteiger partial charge in [0.1, 0.15) is 0 Å². The third kappa shape index (κ3) is 3.04. The molecule has 0 amide bonds. The highest BCUT2D eigenvalue weighted by molar-refractivity contribution is 6.30. The van der Waals surface area contributed by atoms with Gasteiger partial charge in [-0.1, -0.05) is 17.7 Å². The maximum absolute atomic E-state index is 6.01. The Kier molecular flexibility index (Phi) is 4.62. The first-order valence-corrected chi connectivity index (χ1v) is 6.81. The van der Waals surface area contributed by atoms with Crippen LogP contribution in [0.2, 0.25) is 5.02 Å². The zero-order chi connectivity index (χ0) is 13.1. The Morgan fingerprint density at radius 3 is 2.94 bits per heavy atom. The second-order valence-corrected chi connectivity index (χ2v) is 5.37. The largest absolute Gasteiger partial charge is 0.376 e. The molecule has 2 atom stereocenters. The van der Waals surface area contributed by atoms with Gasteiger partial charge in [-0.15, -0.1) is 0 Å². The molecule has 2 N–H and O–H groups in total. The van der Waals surface area contributed by atoms with Crippen LogP contribution < -0.4 is 5.73 Å². The number of nitrogens with two attached hydrogens (primary N) is 1. The number of rotatable bonds is 3. The molecule has 1 heterocycles. The van der Waals surface area contributed by atoms with Crippen molar-refractivity contribution in [3.63, 3.8) is 0 Å². The third-order valence-electron chi connectivity index (χ3n) is 3.53. The maximum atomic E-state index is 6.01. The van der Waals surface area contributed by atoms with Gasteiger partial charge in [0.25, 0.3) is 0 Å². The van der Waals surface area contributed by atoms with Gasteiger partial charge in [-0.25, -0.2) is 0 Å². The highest BCUT2D eigenvalue weighted by Crippen LogP contribution is 2.26. The van der Waals surface area contributed by atoms with E-state index < -0.39 is 0 Å². The molecule has 0 spiro atoms. The van der Waals surface area contributed by atoms with Gasteiger partial charge in [0.05, 0.1) is 12.7 Å². The lowest BCUT2D eigenvalue weighted by atomic mass is 9.99. The number of aryl methyl sites for hydroxylation is 1. The molecule has 4 heteroatoms. The van der Waals surface area contributed by atoms with E-state index in [1.807, 2.05) is 12.1 Å². The van der Waals surface area contributed by atoms with Crippen LogP contribution in [0, 0.1) is 6.92 Å². The molecule has 2 unspecified atom stereocenters. The minimum atomic E-state index is 0.258. The highest BCUT2D eigenvalue weighted by atomic mass is 35.5. The summed E-state index contributed by atoms with van der Waals surface area (Å²) >= 11 is 6.01. The van der Waals surface area contributed by atoms with Crippen LogP contribution in [0.25, 0.3) is 0 Å². The number of nitrogens with zero attached hydrogens (tertiary/aromatic N) is 1. The van der Waals surface area contributed by atoms with Gasteiger partial charge in [-0.2, -0.15) is 0 Å². The van der Waals surface area contributed by atoms with Crippen molar-refractivity contribution in [1.82, 2.24) is 4.90 Å². The summed E-state index contributed by atoms with van der Waals surface area (Å²) in [4.78, 5) is 2.41. The van der Waals surface area contributed by atoms with Crippen LogP contribution in [-0.2, 0) is 4.74 Å². The quantitative estimate of drug-likeness (QED) is 0.915. The molecular formula is C14H21ClN2O. The molecule has 3 nitrogen and oxygen atoms in total. The molecule has 2 rings (SSSR count). The van der Waals surface area contributed by atoms with Crippen LogP contribution in [0.5, 0.6) is 0 Å². The van der Waals surface area contributed by atoms with E-state index in [0.29, 0.717) is 6.54 Å². The van der Waals surface area contributed by atoms with Gasteiger partial charge in [-0.05, 0) is 37.1 Å². The molecule has 100 valence electrons. The van der Waals surface area contributed by atoms with Crippen molar-refractivity contribution >= 4 is 11.6 Å². The van der Waals surface area contributed by atoms with E-state index >= 15 is 0 Å². The topological polar surface area (TPSA) is 38.5 Å². The Labute approximate surface area is 114 Å². The summed E-state index contributed by atoms with van der Waals surface area (Å²) < 4.78 is 5.58. The molecule has 1 aliphatic rings. The van der Waals surface area contributed by atoms with Crippen molar-refractivity contribution in [2.45, 2.75) is 26.0 Å². The van der Waals surface area contributed by atoms with Crippen LogP contribution in [0.3, 0.4) is 0 Å². The summed E-state index contributed by atoms with van der Waals surface area (Å²) in [6, 6.07) is 6.29. The van der Waals surface area contributed by atoms with Crippen molar-refractivity contribution < 1.29 is 4.74 Å². The first-order chi connectivity index (χ1) is 8.61. The fourth-order valence-corrected chi connectivity index (χ4v) is 2.84. The average molecular weight is 269 g/mol. The fourth-order valence-electron chi connectivity index (χ4n) is 2.61. The molecule has 0 radical (unpaired) electrons. The van der Waals surface area contributed by atoms with Crippen molar-refractivity contribution in [3.05, 3.63) is 34.3 Å². The minimum Gasteiger partial charge on any atom is -0.376 e. The van der Waals surface area contributed by atoms with Gasteiger partial charge < -0.3 is 10.5 Å². The van der Waals surface area contributed by atoms with Crippen LogP contribution in [0.15, 0.2) is 18.2 Å². The second kappa shape index (κ2) is 6.02. The SMILES string of the molecule is Cc1cc(Cl)ccc1C(CN)N1CCOC(C)C1. The standard InChI is InChI=1S/C14H21ClN2O/c1-10-7-12(15)3-4-13(10)14(8-16)17-5-6-18-11(2)9-17/h3-4,7,11,14H,5-6,8-9,16H2,1-2H3. The van der Waals surface area contributed by atoms with Gasteiger partial charge in [-0.3, -0.25) is 4.90 Å². The third-order valence-corrected chi connectivity index (χ3v) is 3.76. The van der Waals surface area contributed by atoms with Crippen LogP contribution in [0.4, 0.5) is 0 Å². The van der Waals surface area contributed by atoms with Gasteiger partial charge >= 0.3 is 0 Å². The molecule has 1 aromatic carbocycles. The first kappa shape index (κ1) is 13.8. The Bertz CT molecular complexity index is 411. The molecule has 0 aliphatic carbocycles. The van der Waals surface area contributed by atoms with Crippen LogP contribution >= 0.6 is 11.6 Å². The summed E-state index contributed by atoms with van der Waals surface area (Å²) in [5, 5.41) is 0.780. The first-order valence-electron chi connectivity index (χ1n) is 6.43. The minimum absolute atomic E-state index is 0.258. The van der Waals surface area contributed by atoms with E-state index in [2.05, 4.69) is 24.8 Å². The summed E-state index contributed by atoms with van der Waals surface area (Å²) in [6.07, 6.45) is 0.278. The fraction of sp³-hybridized carbons (Fsp3) is 0.571. The van der Waals surface area contributed by atoms with E-state index in [1.165, 1.54) is 11.1 Å². The number of halogens is 1. The molecule has 1 fully saturated rings. The monoisotopic (exact) mass is 268 g/mol. The molecular weight excluding hydrogens is 248 g/mol. The van der Waals surface area contributed by atoms with Crippen LogP contribution in [-0.4, -0.2) is 37.2 Å². The second-order valence-electron chi connectivity index (χ2n) is 4.93. The number of hydrogen-bond donors (Lipinski definition) is 1. The summed E-state index contributed by atoms with van der Waals surface area (Å²) in [7, 11) is 0. The Morgan fingerprint density at radius 1 is 1.56 bits per heavy atom. The number of hydrogen-bond acceptors (Lipinski definition) is 3.